The Morgan fingerprint density at radius 2 is 2.06 bits per heavy atom. The van der Waals surface area contributed by atoms with Gasteiger partial charge in [-0.1, -0.05) is 0 Å². The van der Waals surface area contributed by atoms with Crippen LogP contribution in [-0.4, -0.2) is 10.7 Å². The molecule has 0 radical (unpaired) electrons. The molecule has 5 nitrogen and oxygen atoms in total. The predicted molar refractivity (Wildman–Crippen MR) is 56.8 cm³/mol. The molecule has 0 atom stereocenters. The molecular formula is C11H11NO4. The van der Waals surface area contributed by atoms with Crippen LogP contribution in [0, 0.1) is 10.1 Å². The van der Waals surface area contributed by atoms with E-state index in [1.807, 2.05) is 0 Å². The number of hydrogen-bond donors (Lipinski definition) is 0. The van der Waals surface area contributed by atoms with Crippen LogP contribution in [0.2, 0.25) is 0 Å². The largest absolute Gasteiger partial charge is 0.433 e. The van der Waals surface area contributed by atoms with E-state index in [0.717, 1.165) is 19.3 Å². The van der Waals surface area contributed by atoms with E-state index in [4.69, 9.17) is 4.42 Å². The molecule has 5 heteroatoms. The maximum atomic E-state index is 11.5. The number of allylic oxidation sites excluding steroid dienone is 1. The zero-order chi connectivity index (χ0) is 11.5. The summed E-state index contributed by atoms with van der Waals surface area (Å²) in [7, 11) is 0. The number of rotatable bonds is 2. The van der Waals surface area contributed by atoms with Crippen molar-refractivity contribution in [3.05, 3.63) is 33.6 Å². The number of carbonyl (C=O) groups is 1. The lowest BCUT2D eigenvalue weighted by Crippen LogP contribution is -2.07. The lowest BCUT2D eigenvalue weighted by atomic mass is 9.93. The molecule has 1 heterocycles. The second-order valence-corrected chi connectivity index (χ2v) is 3.73. The predicted octanol–water partition coefficient (Wildman–Crippen LogP) is 2.71. The molecule has 1 aromatic heterocycles. The van der Waals surface area contributed by atoms with Gasteiger partial charge in [-0.2, -0.15) is 0 Å². The van der Waals surface area contributed by atoms with Gasteiger partial charge in [0.2, 0.25) is 0 Å². The Balaban J connectivity index is 2.21. The van der Waals surface area contributed by atoms with Gasteiger partial charge in [0.1, 0.15) is 10.7 Å². The van der Waals surface area contributed by atoms with Gasteiger partial charge in [0, 0.05) is 6.42 Å². The second-order valence-electron chi connectivity index (χ2n) is 3.73. The highest BCUT2D eigenvalue weighted by Crippen LogP contribution is 2.24. The lowest BCUT2D eigenvalue weighted by Gasteiger charge is -2.11. The highest BCUT2D eigenvalue weighted by molar-refractivity contribution is 5.99. The van der Waals surface area contributed by atoms with E-state index in [1.165, 1.54) is 12.1 Å². The maximum Gasteiger partial charge on any atom is 0.433 e. The normalized spacial score (nSPS) is 19.0. The Bertz CT molecular complexity index is 458. The molecule has 0 saturated heterocycles. The number of nitrogens with zero attached hydrogens (tertiary/aromatic N) is 1. The summed E-state index contributed by atoms with van der Waals surface area (Å²) in [4.78, 5) is 21.3. The minimum atomic E-state index is -0.593. The molecule has 0 aliphatic heterocycles. The van der Waals surface area contributed by atoms with Crippen molar-refractivity contribution in [1.29, 1.82) is 0 Å². The summed E-state index contributed by atoms with van der Waals surface area (Å²) >= 11 is 0. The molecule has 84 valence electrons. The van der Waals surface area contributed by atoms with Crippen molar-refractivity contribution in [3.8, 4) is 0 Å². The minimum Gasteiger partial charge on any atom is -0.401 e. The van der Waals surface area contributed by atoms with Gasteiger partial charge < -0.3 is 4.42 Å². The first-order chi connectivity index (χ1) is 7.66. The zero-order valence-corrected chi connectivity index (χ0v) is 8.64. The molecule has 2 rings (SSSR count). The number of Topliss-reactive ketones (excluding diaryl/α,β-unsaturated/α-hetero) is 1. The molecule has 0 spiro atoms. The van der Waals surface area contributed by atoms with Crippen molar-refractivity contribution in [2.24, 2.45) is 0 Å². The molecular weight excluding hydrogens is 210 g/mol. The second kappa shape index (κ2) is 4.30. The highest BCUT2D eigenvalue weighted by Gasteiger charge is 2.16. The van der Waals surface area contributed by atoms with E-state index in [2.05, 4.69) is 0 Å². The van der Waals surface area contributed by atoms with Crippen LogP contribution in [0.15, 0.2) is 22.1 Å². The van der Waals surface area contributed by atoms with Gasteiger partial charge in [-0.05, 0) is 37.0 Å². The topological polar surface area (TPSA) is 73.3 Å². The number of furan rings is 1. The van der Waals surface area contributed by atoms with Crippen molar-refractivity contribution >= 4 is 17.7 Å². The van der Waals surface area contributed by atoms with Crippen LogP contribution < -0.4 is 0 Å². The van der Waals surface area contributed by atoms with Crippen molar-refractivity contribution in [1.82, 2.24) is 0 Å². The lowest BCUT2D eigenvalue weighted by molar-refractivity contribution is -0.402. The van der Waals surface area contributed by atoms with Gasteiger partial charge in [0.25, 0.3) is 0 Å². The van der Waals surface area contributed by atoms with E-state index in [9.17, 15) is 14.9 Å². The summed E-state index contributed by atoms with van der Waals surface area (Å²) < 4.78 is 4.97. The van der Waals surface area contributed by atoms with Crippen LogP contribution in [0.1, 0.15) is 31.4 Å². The molecule has 0 N–H and O–H groups in total. The molecule has 1 aliphatic rings. The molecule has 1 fully saturated rings. The van der Waals surface area contributed by atoms with Gasteiger partial charge in [-0.3, -0.25) is 14.9 Å². The zero-order valence-electron chi connectivity index (χ0n) is 8.64. The van der Waals surface area contributed by atoms with Crippen LogP contribution in [0.25, 0.3) is 6.08 Å². The standard InChI is InChI=1S/C11H11NO4/c13-10-4-2-1-3-8(10)7-9-5-6-11(16-9)12(14)15/h5-7H,1-4H2/b8-7-. The Morgan fingerprint density at radius 3 is 2.69 bits per heavy atom. The van der Waals surface area contributed by atoms with Crippen LogP contribution in [-0.2, 0) is 4.79 Å². The highest BCUT2D eigenvalue weighted by atomic mass is 16.6. The van der Waals surface area contributed by atoms with Crippen LogP contribution in [0.5, 0.6) is 0 Å². The molecule has 0 amide bonds. The van der Waals surface area contributed by atoms with Gasteiger partial charge in [-0.25, -0.2) is 0 Å². The van der Waals surface area contributed by atoms with Gasteiger partial charge in [0.15, 0.2) is 5.78 Å². The number of hydrogen-bond acceptors (Lipinski definition) is 4. The van der Waals surface area contributed by atoms with Crippen molar-refractivity contribution in [2.75, 3.05) is 0 Å². The average molecular weight is 221 g/mol. The van der Waals surface area contributed by atoms with E-state index < -0.39 is 4.92 Å². The van der Waals surface area contributed by atoms with Gasteiger partial charge in [0.05, 0.1) is 6.07 Å². The van der Waals surface area contributed by atoms with E-state index in [0.29, 0.717) is 17.8 Å². The third kappa shape index (κ3) is 2.18. The Labute approximate surface area is 91.9 Å². The average Bonchev–Trinajstić information content (AvgIpc) is 2.70. The smallest absolute Gasteiger partial charge is 0.401 e. The number of ketones is 1. The van der Waals surface area contributed by atoms with Crippen molar-refractivity contribution < 1.29 is 14.1 Å². The molecule has 0 unspecified atom stereocenters. The molecule has 1 aliphatic carbocycles. The van der Waals surface area contributed by atoms with E-state index in [-0.39, 0.29) is 11.7 Å². The summed E-state index contributed by atoms with van der Waals surface area (Å²) in [6, 6.07) is 2.80. The molecule has 16 heavy (non-hydrogen) atoms. The van der Waals surface area contributed by atoms with Crippen LogP contribution >= 0.6 is 0 Å². The fourth-order valence-electron chi connectivity index (χ4n) is 1.74. The monoisotopic (exact) mass is 221 g/mol. The summed E-state index contributed by atoms with van der Waals surface area (Å²) in [5.74, 6) is 0.192. The number of carbonyl (C=O) groups excluding carboxylic acids is 1. The first kappa shape index (κ1) is 10.6. The fraction of sp³-hybridized carbons (Fsp3) is 0.364. The Hall–Kier alpha value is -1.91. The quantitative estimate of drug-likeness (QED) is 0.437. The fourth-order valence-corrected chi connectivity index (χ4v) is 1.74. The SMILES string of the molecule is O=C1CCCC/C1=C/c1ccc([N+](=O)[O-])o1. The third-order valence-electron chi connectivity index (χ3n) is 2.57. The summed E-state index contributed by atoms with van der Waals surface area (Å²) in [6.45, 7) is 0. The van der Waals surface area contributed by atoms with Crippen LogP contribution in [0.3, 0.4) is 0 Å². The molecule has 0 bridgehead atoms. The molecule has 1 aromatic rings. The van der Waals surface area contributed by atoms with Crippen LogP contribution in [0.4, 0.5) is 5.88 Å². The first-order valence-electron chi connectivity index (χ1n) is 5.15. The van der Waals surface area contributed by atoms with Gasteiger partial charge in [-0.15, -0.1) is 0 Å². The molecule has 0 aromatic carbocycles. The van der Waals surface area contributed by atoms with Crippen molar-refractivity contribution in [2.45, 2.75) is 25.7 Å². The maximum absolute atomic E-state index is 11.5. The summed E-state index contributed by atoms with van der Waals surface area (Å²) in [6.07, 6.45) is 4.81. The first-order valence-corrected chi connectivity index (χ1v) is 5.15. The van der Waals surface area contributed by atoms with Gasteiger partial charge >= 0.3 is 5.88 Å². The van der Waals surface area contributed by atoms with E-state index >= 15 is 0 Å². The Kier molecular flexibility index (Phi) is 2.85. The minimum absolute atomic E-state index is 0.116. The number of nitro groups is 1. The summed E-state index contributed by atoms with van der Waals surface area (Å²) in [5, 5.41) is 10.4. The molecule has 1 saturated carbocycles. The van der Waals surface area contributed by atoms with Crippen molar-refractivity contribution in [3.63, 3.8) is 0 Å². The van der Waals surface area contributed by atoms with E-state index in [1.54, 1.807) is 6.08 Å². The Morgan fingerprint density at radius 1 is 1.31 bits per heavy atom. The third-order valence-corrected chi connectivity index (χ3v) is 2.57. The summed E-state index contributed by atoms with van der Waals surface area (Å²) in [5.41, 5.74) is 0.704.